The lowest BCUT2D eigenvalue weighted by atomic mass is 9.92. The van der Waals surface area contributed by atoms with E-state index in [0.717, 1.165) is 24.9 Å². The molecule has 2 N–H and O–H groups in total. The number of esters is 1. The van der Waals surface area contributed by atoms with Crippen molar-refractivity contribution in [3.8, 4) is 0 Å². The predicted molar refractivity (Wildman–Crippen MR) is 130 cm³/mol. The number of anilines is 1. The highest BCUT2D eigenvalue weighted by molar-refractivity contribution is 7.07. The molecule has 0 bridgehead atoms. The molecule has 33 heavy (non-hydrogen) atoms. The van der Waals surface area contributed by atoms with Crippen LogP contribution in [0.5, 0.6) is 0 Å². The van der Waals surface area contributed by atoms with Crippen LogP contribution in [0.1, 0.15) is 56.0 Å². The number of rotatable bonds is 6. The first-order chi connectivity index (χ1) is 15.1. The highest BCUT2D eigenvalue weighted by atomic mass is 35.5. The Balaban J connectivity index is 0.00000385. The van der Waals surface area contributed by atoms with Gasteiger partial charge in [-0.2, -0.15) is 4.99 Å². The number of nitrogens with one attached hydrogen (secondary N) is 2. The normalized spacial score (nSPS) is 16.2. The predicted octanol–water partition coefficient (Wildman–Crippen LogP) is 3.65. The molecule has 2 heterocycles. The van der Waals surface area contributed by atoms with Crippen molar-refractivity contribution in [3.63, 3.8) is 0 Å². The summed E-state index contributed by atoms with van der Waals surface area (Å²) in [6.45, 7) is 8.68. The van der Waals surface area contributed by atoms with Gasteiger partial charge in [-0.25, -0.2) is 0 Å². The first-order valence-electron chi connectivity index (χ1n) is 10.7. The second-order valence-electron chi connectivity index (χ2n) is 9.13. The monoisotopic (exact) mass is 494 g/mol. The standard InChI is InChI=1S/C23H30N4O4S.ClH/c1-15-12-16(7-8-17(15)25-19(28)13-23(2,3)4)20(29)26-22-27(10-11-32-22)14-31-21(30)18-6-5-9-24-18;/h7-8,10-12,18,24H,5-6,9,13-14H2,1-4H3,(H,25,28);1H. The molecule has 1 aromatic heterocycles. The number of amides is 2. The van der Waals surface area contributed by atoms with Gasteiger partial charge in [-0.05, 0) is 55.5 Å². The minimum absolute atomic E-state index is 0. The van der Waals surface area contributed by atoms with Crippen molar-refractivity contribution in [1.29, 1.82) is 0 Å². The van der Waals surface area contributed by atoms with Crippen LogP contribution in [0.15, 0.2) is 34.8 Å². The first-order valence-corrected chi connectivity index (χ1v) is 11.5. The molecule has 1 aliphatic heterocycles. The Morgan fingerprint density at radius 1 is 1.30 bits per heavy atom. The Morgan fingerprint density at radius 2 is 2.06 bits per heavy atom. The van der Waals surface area contributed by atoms with Crippen LogP contribution < -0.4 is 15.4 Å². The maximum Gasteiger partial charge on any atom is 0.324 e. The number of carbonyl (C=O) groups is 3. The summed E-state index contributed by atoms with van der Waals surface area (Å²) >= 11 is 1.29. The molecule has 2 aromatic rings. The van der Waals surface area contributed by atoms with Crippen LogP contribution in [-0.2, 0) is 21.1 Å². The van der Waals surface area contributed by atoms with E-state index in [2.05, 4.69) is 15.6 Å². The lowest BCUT2D eigenvalue weighted by molar-refractivity contribution is -0.149. The maximum absolute atomic E-state index is 12.7. The van der Waals surface area contributed by atoms with Crippen molar-refractivity contribution in [2.24, 2.45) is 10.4 Å². The molecule has 1 atom stereocenters. The second-order valence-corrected chi connectivity index (χ2v) is 10.0. The zero-order valence-corrected chi connectivity index (χ0v) is 21.0. The molecule has 0 radical (unpaired) electrons. The summed E-state index contributed by atoms with van der Waals surface area (Å²) in [6.07, 6.45) is 3.86. The smallest absolute Gasteiger partial charge is 0.324 e. The molecule has 1 saturated heterocycles. The molecule has 10 heteroatoms. The molecule has 0 saturated carbocycles. The van der Waals surface area contributed by atoms with E-state index in [0.29, 0.717) is 22.5 Å². The van der Waals surface area contributed by atoms with Gasteiger partial charge in [0.15, 0.2) is 11.5 Å². The van der Waals surface area contributed by atoms with Gasteiger partial charge in [-0.3, -0.25) is 19.0 Å². The molecule has 2 amide bonds. The third kappa shape index (κ3) is 7.80. The quantitative estimate of drug-likeness (QED) is 0.597. The van der Waals surface area contributed by atoms with Crippen molar-refractivity contribution in [2.75, 3.05) is 11.9 Å². The fourth-order valence-electron chi connectivity index (χ4n) is 3.37. The third-order valence-corrected chi connectivity index (χ3v) is 5.78. The topological polar surface area (TPSA) is 102 Å². The Labute approximate surface area is 203 Å². The van der Waals surface area contributed by atoms with E-state index in [-0.39, 0.29) is 42.5 Å². The lowest BCUT2D eigenvalue weighted by Gasteiger charge is -2.18. The van der Waals surface area contributed by atoms with Crippen LogP contribution >= 0.6 is 23.7 Å². The summed E-state index contributed by atoms with van der Waals surface area (Å²) in [5, 5.41) is 7.79. The van der Waals surface area contributed by atoms with Gasteiger partial charge in [0.2, 0.25) is 5.91 Å². The van der Waals surface area contributed by atoms with Crippen molar-refractivity contribution in [2.45, 2.75) is 59.7 Å². The molecule has 0 aliphatic carbocycles. The van der Waals surface area contributed by atoms with Gasteiger partial charge < -0.3 is 15.4 Å². The van der Waals surface area contributed by atoms with Crippen LogP contribution in [-0.4, -0.2) is 34.9 Å². The molecule has 1 aliphatic rings. The fourth-order valence-corrected chi connectivity index (χ4v) is 4.08. The SMILES string of the molecule is Cc1cc(C(=O)N=c2sccn2COC(=O)C2CCCN2)ccc1NC(=O)CC(C)(C)C.Cl. The number of ether oxygens (including phenoxy) is 1. The Morgan fingerprint density at radius 3 is 2.70 bits per heavy atom. The number of nitrogens with zero attached hydrogens (tertiary/aromatic N) is 2. The average molecular weight is 495 g/mol. The van der Waals surface area contributed by atoms with Gasteiger partial charge in [-0.15, -0.1) is 23.7 Å². The van der Waals surface area contributed by atoms with Crippen molar-refractivity contribution in [3.05, 3.63) is 45.7 Å². The van der Waals surface area contributed by atoms with Crippen molar-refractivity contribution in [1.82, 2.24) is 9.88 Å². The second kappa shape index (κ2) is 11.6. The third-order valence-electron chi connectivity index (χ3n) is 4.99. The summed E-state index contributed by atoms with van der Waals surface area (Å²) in [4.78, 5) is 41.6. The van der Waals surface area contributed by atoms with Crippen LogP contribution in [0.2, 0.25) is 0 Å². The average Bonchev–Trinajstić information content (AvgIpc) is 3.38. The molecule has 8 nitrogen and oxygen atoms in total. The van der Waals surface area contributed by atoms with Crippen LogP contribution in [0.25, 0.3) is 0 Å². The molecule has 1 aromatic carbocycles. The van der Waals surface area contributed by atoms with Gasteiger partial charge in [0.05, 0.1) is 0 Å². The molecule has 3 rings (SSSR count). The van der Waals surface area contributed by atoms with E-state index in [4.69, 9.17) is 4.74 Å². The number of halogens is 1. The maximum atomic E-state index is 12.7. The number of benzene rings is 1. The number of hydrogen-bond acceptors (Lipinski definition) is 6. The molecule has 1 unspecified atom stereocenters. The number of hydrogen-bond donors (Lipinski definition) is 2. The summed E-state index contributed by atoms with van der Waals surface area (Å²) in [7, 11) is 0. The van der Waals surface area contributed by atoms with Crippen molar-refractivity contribution >= 4 is 47.2 Å². The number of aromatic nitrogens is 1. The number of thiazole rings is 1. The fraction of sp³-hybridized carbons (Fsp3) is 0.478. The zero-order chi connectivity index (χ0) is 23.3. The van der Waals surface area contributed by atoms with Gasteiger partial charge in [0.1, 0.15) is 6.04 Å². The highest BCUT2D eigenvalue weighted by Crippen LogP contribution is 2.22. The van der Waals surface area contributed by atoms with E-state index in [1.54, 1.807) is 34.3 Å². The Kier molecular flexibility index (Phi) is 9.39. The Hall–Kier alpha value is -2.49. The Bertz CT molecular complexity index is 1060. The van der Waals surface area contributed by atoms with E-state index >= 15 is 0 Å². The van der Waals surface area contributed by atoms with E-state index in [1.807, 2.05) is 27.7 Å². The number of carbonyl (C=O) groups excluding carboxylic acids is 3. The minimum Gasteiger partial charge on any atom is -0.443 e. The van der Waals surface area contributed by atoms with E-state index < -0.39 is 5.91 Å². The largest absolute Gasteiger partial charge is 0.443 e. The molecular formula is C23H31ClN4O4S. The van der Waals surface area contributed by atoms with Gasteiger partial charge in [-0.1, -0.05) is 20.8 Å². The molecule has 1 fully saturated rings. The summed E-state index contributed by atoms with van der Waals surface area (Å²) < 4.78 is 6.99. The molecule has 0 spiro atoms. The first kappa shape index (κ1) is 26.8. The molecule has 180 valence electrons. The van der Waals surface area contributed by atoms with Crippen molar-refractivity contribution < 1.29 is 19.1 Å². The summed E-state index contributed by atoms with van der Waals surface area (Å²) in [5.74, 6) is -0.759. The lowest BCUT2D eigenvalue weighted by Crippen LogP contribution is -2.33. The van der Waals surface area contributed by atoms with E-state index in [1.165, 1.54) is 11.3 Å². The van der Waals surface area contributed by atoms with E-state index in [9.17, 15) is 14.4 Å². The molecular weight excluding hydrogens is 464 g/mol. The van der Waals surface area contributed by atoms with Crippen LogP contribution in [0.4, 0.5) is 5.69 Å². The summed E-state index contributed by atoms with van der Waals surface area (Å²) in [6, 6.07) is 4.82. The summed E-state index contributed by atoms with van der Waals surface area (Å²) in [5.41, 5.74) is 1.77. The zero-order valence-electron chi connectivity index (χ0n) is 19.3. The van der Waals surface area contributed by atoms with Gasteiger partial charge in [0, 0.05) is 29.2 Å². The van der Waals surface area contributed by atoms with Crippen LogP contribution in [0, 0.1) is 12.3 Å². The minimum atomic E-state index is -0.402. The van der Waals surface area contributed by atoms with Gasteiger partial charge in [0.25, 0.3) is 5.91 Å². The van der Waals surface area contributed by atoms with Gasteiger partial charge >= 0.3 is 5.97 Å². The number of aryl methyl sites for hydroxylation is 1. The van der Waals surface area contributed by atoms with Crippen LogP contribution in [0.3, 0.4) is 0 Å². The highest BCUT2D eigenvalue weighted by Gasteiger charge is 2.23.